The number of hydrogen-bond acceptors (Lipinski definition) is 0. The average molecular weight is 412 g/mol. The van der Waals surface area contributed by atoms with E-state index in [4.69, 9.17) is 0 Å². The number of hydrogen-bond donors (Lipinski definition) is 0. The molecule has 0 saturated heterocycles. The molecule has 2 heteroatoms. The van der Waals surface area contributed by atoms with E-state index < -0.39 is 0 Å². The van der Waals surface area contributed by atoms with Crippen molar-refractivity contribution >= 4 is 45.6 Å². The molecule has 5 aromatic rings. The number of benzene rings is 4. The van der Waals surface area contributed by atoms with E-state index in [2.05, 4.69) is 109 Å². The van der Waals surface area contributed by atoms with Crippen LogP contribution in [0.25, 0.3) is 32.9 Å². The van der Waals surface area contributed by atoms with Crippen LogP contribution in [-0.2, 0) is 7.05 Å². The summed E-state index contributed by atoms with van der Waals surface area (Å²) in [6.45, 7) is 0. The zero-order chi connectivity index (χ0) is 18.2. The standard InChI is InChI=1S/C25H19NSe/c1-26-22-16-8-7-15-21(22)25(24(26)19-11-3-2-4-12-19)27-23-17-9-13-18-10-5-6-14-20(18)23/h2-17H,1H3. The monoisotopic (exact) mass is 413 g/mol. The van der Waals surface area contributed by atoms with Gasteiger partial charge in [-0.05, 0) is 0 Å². The van der Waals surface area contributed by atoms with Crippen molar-refractivity contribution in [1.29, 1.82) is 0 Å². The van der Waals surface area contributed by atoms with E-state index in [1.165, 1.54) is 41.9 Å². The Balaban J connectivity index is 1.77. The molecule has 5 rings (SSSR count). The van der Waals surface area contributed by atoms with Gasteiger partial charge < -0.3 is 0 Å². The Morgan fingerprint density at radius 3 is 2.15 bits per heavy atom. The molecule has 130 valence electrons. The molecule has 0 aliphatic carbocycles. The summed E-state index contributed by atoms with van der Waals surface area (Å²) in [5, 5.41) is 4.05. The zero-order valence-electron chi connectivity index (χ0n) is 15.1. The van der Waals surface area contributed by atoms with Crippen LogP contribution >= 0.6 is 0 Å². The van der Waals surface area contributed by atoms with Crippen molar-refractivity contribution in [3.63, 3.8) is 0 Å². The van der Waals surface area contributed by atoms with Gasteiger partial charge in [0, 0.05) is 0 Å². The molecule has 0 bridgehead atoms. The molecule has 4 aromatic carbocycles. The van der Waals surface area contributed by atoms with Gasteiger partial charge in [-0.3, -0.25) is 0 Å². The number of fused-ring (bicyclic) bond motifs is 2. The molecule has 0 N–H and O–H groups in total. The van der Waals surface area contributed by atoms with E-state index in [0.717, 1.165) is 0 Å². The molecule has 27 heavy (non-hydrogen) atoms. The number of rotatable bonds is 3. The van der Waals surface area contributed by atoms with Crippen LogP contribution in [-0.4, -0.2) is 19.5 Å². The van der Waals surface area contributed by atoms with Gasteiger partial charge >= 0.3 is 165 Å². The van der Waals surface area contributed by atoms with Crippen molar-refractivity contribution in [1.82, 2.24) is 4.57 Å². The van der Waals surface area contributed by atoms with Crippen LogP contribution in [0.3, 0.4) is 0 Å². The first-order chi connectivity index (χ1) is 13.3. The molecule has 1 aromatic heterocycles. The summed E-state index contributed by atoms with van der Waals surface area (Å²) in [6.07, 6.45) is 0. The first kappa shape index (κ1) is 16.4. The van der Waals surface area contributed by atoms with Crippen LogP contribution < -0.4 is 8.92 Å². The summed E-state index contributed by atoms with van der Waals surface area (Å²) in [4.78, 5) is 0. The van der Waals surface area contributed by atoms with Gasteiger partial charge in [-0.2, -0.15) is 0 Å². The fraction of sp³-hybridized carbons (Fsp3) is 0.0400. The molecule has 0 saturated carbocycles. The van der Waals surface area contributed by atoms with Crippen LogP contribution in [0.4, 0.5) is 0 Å². The van der Waals surface area contributed by atoms with Crippen LogP contribution in [0.15, 0.2) is 97.1 Å². The van der Waals surface area contributed by atoms with Crippen LogP contribution in [0.1, 0.15) is 0 Å². The van der Waals surface area contributed by atoms with Crippen LogP contribution in [0.5, 0.6) is 0 Å². The van der Waals surface area contributed by atoms with Gasteiger partial charge in [0.1, 0.15) is 0 Å². The second-order valence-corrected chi connectivity index (χ2v) is 8.91. The predicted octanol–water partition coefficient (Wildman–Crippen LogP) is 4.65. The molecule has 0 unspecified atom stereocenters. The Kier molecular flexibility index (Phi) is 4.09. The third-order valence-electron chi connectivity index (χ3n) is 5.07. The molecule has 0 aliphatic rings. The van der Waals surface area contributed by atoms with Crippen LogP contribution in [0, 0.1) is 0 Å². The summed E-state index contributed by atoms with van der Waals surface area (Å²) in [5.41, 5.74) is 3.92. The quantitative estimate of drug-likeness (QED) is 0.380. The molecular formula is C25H19NSe. The van der Waals surface area contributed by atoms with Gasteiger partial charge in [-0.15, -0.1) is 0 Å². The molecule has 1 heterocycles. The van der Waals surface area contributed by atoms with Gasteiger partial charge in [-0.1, -0.05) is 0 Å². The van der Waals surface area contributed by atoms with Crippen molar-refractivity contribution in [3.05, 3.63) is 97.1 Å². The van der Waals surface area contributed by atoms with E-state index in [-0.39, 0.29) is 15.0 Å². The van der Waals surface area contributed by atoms with Crippen molar-refractivity contribution in [2.75, 3.05) is 0 Å². The van der Waals surface area contributed by atoms with Gasteiger partial charge in [0.2, 0.25) is 0 Å². The van der Waals surface area contributed by atoms with Crippen molar-refractivity contribution in [2.24, 2.45) is 7.05 Å². The molecule has 1 nitrogen and oxygen atoms in total. The zero-order valence-corrected chi connectivity index (χ0v) is 16.8. The summed E-state index contributed by atoms with van der Waals surface area (Å²) >= 11 is 0.215. The van der Waals surface area contributed by atoms with Crippen molar-refractivity contribution in [3.8, 4) is 11.3 Å². The summed E-state index contributed by atoms with van der Waals surface area (Å²) in [5.74, 6) is 0. The second kappa shape index (κ2) is 6.74. The van der Waals surface area contributed by atoms with E-state index in [0.29, 0.717) is 0 Å². The number of aryl methyl sites for hydroxylation is 1. The third-order valence-corrected chi connectivity index (χ3v) is 7.57. The number of nitrogens with zero attached hydrogens (tertiary/aromatic N) is 1. The van der Waals surface area contributed by atoms with Gasteiger partial charge in [-0.25, -0.2) is 0 Å². The Hall–Kier alpha value is -2.80. The first-order valence-corrected chi connectivity index (χ1v) is 10.8. The van der Waals surface area contributed by atoms with Gasteiger partial charge in [0.05, 0.1) is 0 Å². The van der Waals surface area contributed by atoms with Gasteiger partial charge in [0.25, 0.3) is 0 Å². The summed E-state index contributed by atoms with van der Waals surface area (Å²) in [6, 6.07) is 35.0. The Labute approximate surface area is 165 Å². The van der Waals surface area contributed by atoms with Crippen LogP contribution in [0.2, 0.25) is 0 Å². The second-order valence-electron chi connectivity index (χ2n) is 6.70. The normalized spacial score (nSPS) is 11.3. The topological polar surface area (TPSA) is 4.93 Å². The Bertz CT molecular complexity index is 1250. The Morgan fingerprint density at radius 1 is 0.630 bits per heavy atom. The molecule has 0 spiro atoms. The minimum atomic E-state index is 0.215. The average Bonchev–Trinajstić information content (AvgIpc) is 3.01. The third kappa shape index (κ3) is 2.78. The molecule has 0 atom stereocenters. The number of aromatic nitrogens is 1. The van der Waals surface area contributed by atoms with E-state index in [1.54, 1.807) is 0 Å². The van der Waals surface area contributed by atoms with E-state index in [9.17, 15) is 0 Å². The van der Waals surface area contributed by atoms with E-state index in [1.807, 2.05) is 0 Å². The molecule has 0 fully saturated rings. The Morgan fingerprint density at radius 2 is 1.30 bits per heavy atom. The fourth-order valence-corrected chi connectivity index (χ4v) is 6.50. The minimum absolute atomic E-state index is 0.215. The van der Waals surface area contributed by atoms with Gasteiger partial charge in [0.15, 0.2) is 0 Å². The maximum atomic E-state index is 2.35. The molecule has 0 radical (unpaired) electrons. The SMILES string of the molecule is Cn1c(-c2ccccc2)c([Se]c2cccc3ccccc23)c2ccccc21. The molecule has 0 aliphatic heterocycles. The first-order valence-electron chi connectivity index (χ1n) is 9.11. The van der Waals surface area contributed by atoms with Crippen molar-refractivity contribution < 1.29 is 0 Å². The summed E-state index contributed by atoms with van der Waals surface area (Å²) in [7, 11) is 2.19. The molecule has 0 amide bonds. The molecular weight excluding hydrogens is 393 g/mol. The summed E-state index contributed by atoms with van der Waals surface area (Å²) < 4.78 is 5.25. The predicted molar refractivity (Wildman–Crippen MR) is 117 cm³/mol. The van der Waals surface area contributed by atoms with E-state index >= 15 is 0 Å². The maximum absolute atomic E-state index is 2.35. The number of para-hydroxylation sites is 1. The van der Waals surface area contributed by atoms with Crippen molar-refractivity contribution in [2.45, 2.75) is 0 Å². The fourth-order valence-electron chi connectivity index (χ4n) is 3.78.